The van der Waals surface area contributed by atoms with E-state index in [0.29, 0.717) is 6.42 Å². The van der Waals surface area contributed by atoms with Gasteiger partial charge in [0.15, 0.2) is 0 Å². The minimum atomic E-state index is -1.43. The van der Waals surface area contributed by atoms with Gasteiger partial charge in [-0.3, -0.25) is 4.79 Å². The van der Waals surface area contributed by atoms with Gasteiger partial charge in [0, 0.05) is 0 Å². The number of carbonyl (C=O) groups is 3. The SMILES string of the molecule is CC(C)C[C@H](/C=C(\F)CNC(=O)OCc1ccccc1)C(=O)NCC(=O)[O-].[Li+]. The van der Waals surface area contributed by atoms with Crippen molar-refractivity contribution < 1.29 is 47.5 Å². The first-order chi connectivity index (χ1) is 12.8. The van der Waals surface area contributed by atoms with E-state index in [1.54, 1.807) is 24.3 Å². The van der Waals surface area contributed by atoms with Crippen molar-refractivity contribution in [2.45, 2.75) is 26.9 Å². The van der Waals surface area contributed by atoms with Gasteiger partial charge < -0.3 is 25.3 Å². The minimum absolute atomic E-state index is 0. The fourth-order valence-electron chi connectivity index (χ4n) is 2.26. The molecule has 9 heteroatoms. The molecule has 1 atom stereocenters. The smallest absolute Gasteiger partial charge is 0.548 e. The molecule has 1 aromatic rings. The number of rotatable bonds is 10. The van der Waals surface area contributed by atoms with Gasteiger partial charge in [-0.15, -0.1) is 0 Å². The van der Waals surface area contributed by atoms with Crippen LogP contribution in [-0.4, -0.2) is 31.1 Å². The molecule has 0 aliphatic rings. The number of aliphatic carboxylic acids is 1. The maximum atomic E-state index is 14.1. The second-order valence-corrected chi connectivity index (χ2v) is 6.35. The van der Waals surface area contributed by atoms with Crippen LogP contribution in [0.25, 0.3) is 0 Å². The van der Waals surface area contributed by atoms with E-state index in [1.807, 2.05) is 19.9 Å². The Kier molecular flexibility index (Phi) is 12.7. The summed E-state index contributed by atoms with van der Waals surface area (Å²) in [5.41, 5.74) is 0.797. The van der Waals surface area contributed by atoms with Crippen LogP contribution in [0.5, 0.6) is 0 Å². The summed E-state index contributed by atoms with van der Waals surface area (Å²) in [7, 11) is 0. The first kappa shape index (κ1) is 25.7. The molecule has 2 N–H and O–H groups in total. The summed E-state index contributed by atoms with van der Waals surface area (Å²) >= 11 is 0. The zero-order valence-corrected chi connectivity index (χ0v) is 16.4. The van der Waals surface area contributed by atoms with Gasteiger partial charge >= 0.3 is 25.0 Å². The molecule has 0 aliphatic carbocycles. The summed E-state index contributed by atoms with van der Waals surface area (Å²) in [6, 6.07) is 9.02. The molecule has 0 unspecified atom stereocenters. The van der Waals surface area contributed by atoms with Gasteiger partial charge in [-0.25, -0.2) is 9.18 Å². The second-order valence-electron chi connectivity index (χ2n) is 6.35. The largest absolute Gasteiger partial charge is 1.00 e. The van der Waals surface area contributed by atoms with Crippen molar-refractivity contribution in [1.82, 2.24) is 10.6 Å². The Bertz CT molecular complexity index is 668. The molecule has 148 valence electrons. The summed E-state index contributed by atoms with van der Waals surface area (Å²) in [5, 5.41) is 14.9. The molecule has 1 aromatic carbocycles. The third kappa shape index (κ3) is 11.4. The third-order valence-corrected chi connectivity index (χ3v) is 3.47. The molecule has 1 rings (SSSR count). The van der Waals surface area contributed by atoms with E-state index in [4.69, 9.17) is 4.74 Å². The number of carboxylic acids is 1. The number of nitrogens with one attached hydrogen (secondary N) is 2. The number of carboxylic acid groups (broad SMARTS) is 1. The monoisotopic (exact) mass is 386 g/mol. The first-order valence-electron chi connectivity index (χ1n) is 8.56. The number of ether oxygens (including phenoxy) is 1. The maximum Gasteiger partial charge on any atom is 1.00 e. The normalized spacial score (nSPS) is 11.9. The molecule has 7 nitrogen and oxygen atoms in total. The number of hydrogen-bond acceptors (Lipinski definition) is 5. The zero-order valence-electron chi connectivity index (χ0n) is 16.4. The quantitative estimate of drug-likeness (QED) is 0.466. The van der Waals surface area contributed by atoms with E-state index in [1.165, 1.54) is 0 Å². The van der Waals surface area contributed by atoms with E-state index in [0.717, 1.165) is 11.6 Å². The van der Waals surface area contributed by atoms with Gasteiger partial charge in [0.25, 0.3) is 0 Å². The summed E-state index contributed by atoms with van der Waals surface area (Å²) in [6.45, 7) is 2.68. The van der Waals surface area contributed by atoms with Crippen LogP contribution in [0.1, 0.15) is 25.8 Å². The molecule has 28 heavy (non-hydrogen) atoms. The van der Waals surface area contributed by atoms with Gasteiger partial charge in [-0.05, 0) is 24.0 Å². The molecular formula is C19H24FLiN2O5. The molecule has 0 heterocycles. The average molecular weight is 386 g/mol. The van der Waals surface area contributed by atoms with Crippen molar-refractivity contribution in [3.63, 3.8) is 0 Å². The topological polar surface area (TPSA) is 108 Å². The number of halogens is 1. The van der Waals surface area contributed by atoms with Crippen LogP contribution >= 0.6 is 0 Å². The fourth-order valence-corrected chi connectivity index (χ4v) is 2.26. The summed E-state index contributed by atoms with van der Waals surface area (Å²) < 4.78 is 19.0. The molecule has 0 radical (unpaired) electrons. The number of carbonyl (C=O) groups excluding carboxylic acids is 3. The number of hydrogen-bond donors (Lipinski definition) is 2. The molecule has 0 fully saturated rings. The van der Waals surface area contributed by atoms with Crippen LogP contribution in [0.4, 0.5) is 9.18 Å². The summed E-state index contributed by atoms with van der Waals surface area (Å²) in [6.07, 6.45) is 0.608. The molecule has 0 bridgehead atoms. The molecule has 2 amide bonds. The predicted molar refractivity (Wildman–Crippen MR) is 94.8 cm³/mol. The van der Waals surface area contributed by atoms with Crippen LogP contribution in [0.3, 0.4) is 0 Å². The molecular weight excluding hydrogens is 362 g/mol. The maximum absolute atomic E-state index is 14.1. The van der Waals surface area contributed by atoms with Gasteiger partial charge in [0.1, 0.15) is 12.4 Å². The Labute approximate surface area is 175 Å². The zero-order chi connectivity index (χ0) is 20.2. The number of benzene rings is 1. The minimum Gasteiger partial charge on any atom is -0.548 e. The van der Waals surface area contributed by atoms with Crippen molar-refractivity contribution in [1.29, 1.82) is 0 Å². The first-order valence-corrected chi connectivity index (χ1v) is 8.56. The average Bonchev–Trinajstić information content (AvgIpc) is 2.62. The Morgan fingerprint density at radius 1 is 1.14 bits per heavy atom. The Morgan fingerprint density at radius 2 is 1.79 bits per heavy atom. The molecule has 0 saturated heterocycles. The van der Waals surface area contributed by atoms with Crippen LogP contribution in [0, 0.1) is 11.8 Å². The van der Waals surface area contributed by atoms with Crippen LogP contribution in [0.15, 0.2) is 42.2 Å². The molecule has 0 saturated carbocycles. The fraction of sp³-hybridized carbons (Fsp3) is 0.421. The predicted octanol–water partition coefficient (Wildman–Crippen LogP) is -1.70. The van der Waals surface area contributed by atoms with Crippen LogP contribution < -0.4 is 34.6 Å². The van der Waals surface area contributed by atoms with E-state index in [-0.39, 0.29) is 31.4 Å². The number of amides is 2. The summed E-state index contributed by atoms with van der Waals surface area (Å²) in [5.74, 6) is -3.54. The Balaban J connectivity index is 0.00000729. The third-order valence-electron chi connectivity index (χ3n) is 3.47. The van der Waals surface area contributed by atoms with Crippen molar-refractivity contribution in [3.05, 3.63) is 47.8 Å². The Hall–Kier alpha value is -2.30. The van der Waals surface area contributed by atoms with Gasteiger partial charge in [0.2, 0.25) is 5.91 Å². The van der Waals surface area contributed by atoms with Crippen LogP contribution in [0.2, 0.25) is 0 Å². The van der Waals surface area contributed by atoms with E-state index in [2.05, 4.69) is 10.6 Å². The van der Waals surface area contributed by atoms with Crippen molar-refractivity contribution in [2.75, 3.05) is 13.1 Å². The number of alkyl carbamates (subject to hydrolysis) is 1. The molecule has 0 aromatic heterocycles. The van der Waals surface area contributed by atoms with Gasteiger partial charge in [-0.1, -0.05) is 44.2 Å². The van der Waals surface area contributed by atoms with Crippen molar-refractivity contribution in [2.24, 2.45) is 11.8 Å². The standard InChI is InChI=1S/C19H25FN2O5.Li/c1-13(2)8-15(18(25)21-11-17(23)24)9-16(20)10-22-19(26)27-12-14-6-4-3-5-7-14;/h3-7,9,13,15H,8,10-12H2,1-2H3,(H,21,25)(H,22,26)(H,23,24);/q;+1/p-1/b16-9-;/t15-;/m1./s1. The Morgan fingerprint density at radius 3 is 2.36 bits per heavy atom. The molecule has 0 spiro atoms. The van der Waals surface area contributed by atoms with E-state index >= 15 is 0 Å². The van der Waals surface area contributed by atoms with Gasteiger partial charge in [0.05, 0.1) is 25.0 Å². The van der Waals surface area contributed by atoms with E-state index in [9.17, 15) is 23.9 Å². The summed E-state index contributed by atoms with van der Waals surface area (Å²) in [4.78, 5) is 34.0. The second kappa shape index (κ2) is 13.8. The van der Waals surface area contributed by atoms with Crippen LogP contribution in [-0.2, 0) is 20.9 Å². The van der Waals surface area contributed by atoms with Crippen molar-refractivity contribution >= 4 is 18.0 Å². The van der Waals surface area contributed by atoms with Gasteiger partial charge in [-0.2, -0.15) is 0 Å². The van der Waals surface area contributed by atoms with Crippen molar-refractivity contribution in [3.8, 4) is 0 Å². The molecule has 0 aliphatic heterocycles. The van der Waals surface area contributed by atoms with E-state index < -0.39 is 42.8 Å².